The van der Waals surface area contributed by atoms with Gasteiger partial charge in [0.1, 0.15) is 5.01 Å². The summed E-state index contributed by atoms with van der Waals surface area (Å²) >= 11 is 1.75. The van der Waals surface area contributed by atoms with Crippen molar-refractivity contribution < 1.29 is 4.74 Å². The Hall–Kier alpha value is -0.450. The van der Waals surface area contributed by atoms with Crippen LogP contribution in [0.4, 0.5) is 0 Å². The van der Waals surface area contributed by atoms with Gasteiger partial charge in [0.2, 0.25) is 0 Å². The van der Waals surface area contributed by atoms with Gasteiger partial charge in [-0.15, -0.1) is 11.3 Å². The van der Waals surface area contributed by atoms with Crippen LogP contribution in [0.3, 0.4) is 0 Å². The van der Waals surface area contributed by atoms with E-state index in [9.17, 15) is 0 Å². The maximum Gasteiger partial charge on any atom is 0.113 e. The topological polar surface area (TPSA) is 48.1 Å². The number of aromatic nitrogens is 1. The molecule has 1 aromatic heterocycles. The standard InChI is InChI=1S/C13H22N2OS/c1-5-10-9(2)17-11(15-10)13(14)6-7-16-12(3,4)8-13/h5-8,14H2,1-4H3. The van der Waals surface area contributed by atoms with E-state index in [2.05, 4.69) is 27.7 Å². The lowest BCUT2D eigenvalue weighted by atomic mass is 9.82. The van der Waals surface area contributed by atoms with E-state index in [1.54, 1.807) is 11.3 Å². The second-order valence-electron chi connectivity index (χ2n) is 5.57. The van der Waals surface area contributed by atoms with Gasteiger partial charge >= 0.3 is 0 Å². The van der Waals surface area contributed by atoms with Crippen LogP contribution in [0.25, 0.3) is 0 Å². The Balaban J connectivity index is 2.30. The van der Waals surface area contributed by atoms with Crippen molar-refractivity contribution in [1.29, 1.82) is 0 Å². The molecule has 0 radical (unpaired) electrons. The van der Waals surface area contributed by atoms with E-state index in [0.29, 0.717) is 0 Å². The highest BCUT2D eigenvalue weighted by atomic mass is 32.1. The first kappa shape index (κ1) is 13.0. The van der Waals surface area contributed by atoms with Crippen molar-refractivity contribution in [3.63, 3.8) is 0 Å². The van der Waals surface area contributed by atoms with Gasteiger partial charge < -0.3 is 10.5 Å². The molecule has 1 atom stereocenters. The molecule has 0 bridgehead atoms. The molecular weight excluding hydrogens is 232 g/mol. The zero-order valence-electron chi connectivity index (χ0n) is 11.2. The predicted molar refractivity (Wildman–Crippen MR) is 71.4 cm³/mol. The van der Waals surface area contributed by atoms with E-state index >= 15 is 0 Å². The predicted octanol–water partition coefficient (Wildman–Crippen LogP) is 2.76. The minimum Gasteiger partial charge on any atom is -0.375 e. The number of hydrogen-bond acceptors (Lipinski definition) is 4. The molecule has 0 aromatic carbocycles. The van der Waals surface area contributed by atoms with Crippen LogP contribution in [0, 0.1) is 6.92 Å². The van der Waals surface area contributed by atoms with Gasteiger partial charge in [-0.1, -0.05) is 6.92 Å². The molecule has 0 amide bonds. The number of hydrogen-bond donors (Lipinski definition) is 1. The van der Waals surface area contributed by atoms with Gasteiger partial charge in [-0.3, -0.25) is 0 Å². The summed E-state index contributed by atoms with van der Waals surface area (Å²) in [6.07, 6.45) is 2.70. The summed E-state index contributed by atoms with van der Waals surface area (Å²) in [6, 6.07) is 0. The van der Waals surface area contributed by atoms with Crippen LogP contribution in [-0.4, -0.2) is 17.2 Å². The molecule has 0 spiro atoms. The van der Waals surface area contributed by atoms with Crippen LogP contribution in [0.2, 0.25) is 0 Å². The average molecular weight is 254 g/mol. The van der Waals surface area contributed by atoms with Gasteiger partial charge in [-0.2, -0.15) is 0 Å². The lowest BCUT2D eigenvalue weighted by Crippen LogP contribution is -2.49. The molecule has 0 aliphatic carbocycles. The SMILES string of the molecule is CCc1nc(C2(N)CCOC(C)(C)C2)sc1C. The van der Waals surface area contributed by atoms with Crippen LogP contribution < -0.4 is 5.73 Å². The summed E-state index contributed by atoms with van der Waals surface area (Å²) in [5, 5.41) is 1.09. The molecule has 2 N–H and O–H groups in total. The van der Waals surface area contributed by atoms with Gasteiger partial charge in [-0.25, -0.2) is 4.98 Å². The third kappa shape index (κ3) is 2.54. The van der Waals surface area contributed by atoms with Crippen molar-refractivity contribution in [2.45, 2.75) is 58.1 Å². The van der Waals surface area contributed by atoms with Gasteiger partial charge in [0.15, 0.2) is 0 Å². The summed E-state index contributed by atoms with van der Waals surface area (Å²) in [5.41, 5.74) is 7.31. The van der Waals surface area contributed by atoms with Crippen molar-refractivity contribution in [3.8, 4) is 0 Å². The lowest BCUT2D eigenvalue weighted by molar-refractivity contribution is -0.0813. The molecule has 1 aliphatic rings. The molecule has 2 heterocycles. The molecular formula is C13H22N2OS. The Kier molecular flexibility index (Phi) is 3.31. The molecule has 1 unspecified atom stereocenters. The fourth-order valence-corrected chi connectivity index (χ4v) is 3.69. The Morgan fingerprint density at radius 1 is 1.47 bits per heavy atom. The summed E-state index contributed by atoms with van der Waals surface area (Å²) in [5.74, 6) is 0. The van der Waals surface area contributed by atoms with E-state index in [1.807, 2.05) is 0 Å². The second-order valence-corrected chi connectivity index (χ2v) is 6.77. The average Bonchev–Trinajstić information content (AvgIpc) is 2.58. The van der Waals surface area contributed by atoms with Gasteiger partial charge in [0.25, 0.3) is 0 Å². The first-order chi connectivity index (χ1) is 7.86. The Morgan fingerprint density at radius 2 is 2.18 bits per heavy atom. The molecule has 1 fully saturated rings. The zero-order chi connectivity index (χ0) is 12.7. The van der Waals surface area contributed by atoms with Crippen molar-refractivity contribution in [3.05, 3.63) is 15.6 Å². The second kappa shape index (κ2) is 4.34. The summed E-state index contributed by atoms with van der Waals surface area (Å²) in [4.78, 5) is 6.03. The summed E-state index contributed by atoms with van der Waals surface area (Å²) in [7, 11) is 0. The summed E-state index contributed by atoms with van der Waals surface area (Å²) in [6.45, 7) is 9.21. The number of ether oxygens (including phenoxy) is 1. The van der Waals surface area contributed by atoms with Crippen LogP contribution >= 0.6 is 11.3 Å². The number of thiazole rings is 1. The van der Waals surface area contributed by atoms with Crippen molar-refractivity contribution >= 4 is 11.3 Å². The molecule has 4 heteroatoms. The maximum absolute atomic E-state index is 6.56. The Bertz CT molecular complexity index is 414. The molecule has 1 saturated heterocycles. The van der Waals surface area contributed by atoms with Crippen molar-refractivity contribution in [1.82, 2.24) is 4.98 Å². The van der Waals surface area contributed by atoms with Crippen molar-refractivity contribution in [2.75, 3.05) is 6.61 Å². The maximum atomic E-state index is 6.56. The monoisotopic (exact) mass is 254 g/mol. The van der Waals surface area contributed by atoms with E-state index in [-0.39, 0.29) is 11.1 Å². The smallest absolute Gasteiger partial charge is 0.113 e. The van der Waals surface area contributed by atoms with Crippen LogP contribution in [-0.2, 0) is 16.7 Å². The van der Waals surface area contributed by atoms with E-state index in [1.165, 1.54) is 10.6 Å². The van der Waals surface area contributed by atoms with E-state index < -0.39 is 0 Å². The molecule has 3 nitrogen and oxygen atoms in total. The number of nitrogens with two attached hydrogens (primary N) is 1. The number of nitrogens with zero attached hydrogens (tertiary/aromatic N) is 1. The first-order valence-electron chi connectivity index (χ1n) is 6.26. The van der Waals surface area contributed by atoms with E-state index in [0.717, 1.165) is 30.9 Å². The highest BCUT2D eigenvalue weighted by molar-refractivity contribution is 7.11. The Labute approximate surface area is 107 Å². The highest BCUT2D eigenvalue weighted by Gasteiger charge is 2.41. The van der Waals surface area contributed by atoms with E-state index in [4.69, 9.17) is 15.5 Å². The normalized spacial score (nSPS) is 28.3. The third-order valence-electron chi connectivity index (χ3n) is 3.44. The molecule has 1 aliphatic heterocycles. The minimum absolute atomic E-state index is 0.140. The Morgan fingerprint density at radius 3 is 2.71 bits per heavy atom. The van der Waals surface area contributed by atoms with Crippen LogP contribution in [0.1, 0.15) is 49.2 Å². The first-order valence-corrected chi connectivity index (χ1v) is 7.07. The molecule has 2 rings (SSSR count). The lowest BCUT2D eigenvalue weighted by Gasteiger charge is -2.41. The van der Waals surface area contributed by atoms with Crippen LogP contribution in [0.15, 0.2) is 0 Å². The van der Waals surface area contributed by atoms with Gasteiger partial charge in [-0.05, 0) is 33.6 Å². The number of aryl methyl sites for hydroxylation is 2. The van der Waals surface area contributed by atoms with Gasteiger partial charge in [0.05, 0.1) is 16.8 Å². The summed E-state index contributed by atoms with van der Waals surface area (Å²) < 4.78 is 5.74. The molecule has 96 valence electrons. The third-order valence-corrected chi connectivity index (χ3v) is 4.67. The molecule has 17 heavy (non-hydrogen) atoms. The van der Waals surface area contributed by atoms with Gasteiger partial charge in [0, 0.05) is 17.9 Å². The van der Waals surface area contributed by atoms with Crippen molar-refractivity contribution in [2.24, 2.45) is 5.73 Å². The minimum atomic E-state index is -0.301. The largest absolute Gasteiger partial charge is 0.375 e. The zero-order valence-corrected chi connectivity index (χ0v) is 12.0. The highest BCUT2D eigenvalue weighted by Crippen LogP contribution is 2.39. The van der Waals surface area contributed by atoms with Crippen LogP contribution in [0.5, 0.6) is 0 Å². The fraction of sp³-hybridized carbons (Fsp3) is 0.769. The quantitative estimate of drug-likeness (QED) is 0.883. The number of rotatable bonds is 2. The molecule has 0 saturated carbocycles. The molecule has 1 aromatic rings. The fourth-order valence-electron chi connectivity index (χ4n) is 2.56.